The number of ether oxygens (including phenoxy) is 2. The first kappa shape index (κ1) is 15.5. The van der Waals surface area contributed by atoms with Gasteiger partial charge < -0.3 is 14.4 Å². The molecule has 0 fully saturated rings. The summed E-state index contributed by atoms with van der Waals surface area (Å²) in [5, 5.41) is 9.05. The first-order valence-electron chi connectivity index (χ1n) is 8.41. The predicted molar refractivity (Wildman–Crippen MR) is 91.7 cm³/mol. The molecule has 0 bridgehead atoms. The lowest BCUT2D eigenvalue weighted by Gasteiger charge is -2.36. The molecule has 1 atom stereocenters. The number of hydrogen-bond acceptors (Lipinski definition) is 4. The quantitative estimate of drug-likeness (QED) is 0.804. The third-order valence-electron chi connectivity index (χ3n) is 4.84. The summed E-state index contributed by atoms with van der Waals surface area (Å²) in [6.45, 7) is 3.79. The highest BCUT2D eigenvalue weighted by molar-refractivity contribution is 5.95. The maximum absolute atomic E-state index is 12.9. The van der Waals surface area contributed by atoms with Gasteiger partial charge in [-0.15, -0.1) is 0 Å². The van der Waals surface area contributed by atoms with Crippen molar-refractivity contribution in [1.82, 2.24) is 4.90 Å². The standard InChI is InChI=1S/C20H18N2O3/c1-13-17-11-19-18(24-7-8-25-19)10-15(17)5-6-22(13)20(23)16-4-2-3-14(9-16)12-21/h2-4,9-11,13H,5-8H2,1H3. The van der Waals surface area contributed by atoms with Crippen LogP contribution in [0.15, 0.2) is 36.4 Å². The zero-order valence-electron chi connectivity index (χ0n) is 14.0. The van der Waals surface area contributed by atoms with Crippen molar-refractivity contribution in [2.75, 3.05) is 19.8 Å². The summed E-state index contributed by atoms with van der Waals surface area (Å²) >= 11 is 0. The van der Waals surface area contributed by atoms with E-state index in [-0.39, 0.29) is 11.9 Å². The highest BCUT2D eigenvalue weighted by Gasteiger charge is 2.30. The van der Waals surface area contributed by atoms with E-state index in [0.717, 1.165) is 23.5 Å². The molecule has 2 aliphatic rings. The van der Waals surface area contributed by atoms with Gasteiger partial charge in [-0.05, 0) is 54.8 Å². The van der Waals surface area contributed by atoms with E-state index in [1.54, 1.807) is 24.3 Å². The Balaban J connectivity index is 1.65. The third kappa shape index (κ3) is 2.70. The molecule has 2 aromatic carbocycles. The van der Waals surface area contributed by atoms with Gasteiger partial charge in [0.2, 0.25) is 0 Å². The number of nitriles is 1. The van der Waals surface area contributed by atoms with Gasteiger partial charge in [-0.25, -0.2) is 0 Å². The largest absolute Gasteiger partial charge is 0.486 e. The molecule has 5 heteroatoms. The van der Waals surface area contributed by atoms with Gasteiger partial charge in [0.1, 0.15) is 13.2 Å². The fourth-order valence-corrected chi connectivity index (χ4v) is 3.52. The van der Waals surface area contributed by atoms with Gasteiger partial charge in [0, 0.05) is 12.1 Å². The van der Waals surface area contributed by atoms with E-state index in [0.29, 0.717) is 30.9 Å². The van der Waals surface area contributed by atoms with Crippen molar-refractivity contribution in [1.29, 1.82) is 5.26 Å². The van der Waals surface area contributed by atoms with Gasteiger partial charge >= 0.3 is 0 Å². The van der Waals surface area contributed by atoms with Crippen molar-refractivity contribution in [3.05, 3.63) is 58.7 Å². The Labute approximate surface area is 146 Å². The molecule has 1 amide bonds. The Kier molecular flexibility index (Phi) is 3.81. The molecule has 126 valence electrons. The third-order valence-corrected chi connectivity index (χ3v) is 4.84. The molecule has 25 heavy (non-hydrogen) atoms. The minimum absolute atomic E-state index is 0.0508. The monoisotopic (exact) mass is 334 g/mol. The number of carbonyl (C=O) groups is 1. The lowest BCUT2D eigenvalue weighted by molar-refractivity contribution is 0.0676. The molecule has 0 saturated heterocycles. The summed E-state index contributed by atoms with van der Waals surface area (Å²) in [7, 11) is 0. The van der Waals surface area contributed by atoms with Crippen molar-refractivity contribution < 1.29 is 14.3 Å². The summed E-state index contributed by atoms with van der Waals surface area (Å²) in [5.41, 5.74) is 3.34. The van der Waals surface area contributed by atoms with Crippen LogP contribution in [0.3, 0.4) is 0 Å². The molecular weight excluding hydrogens is 316 g/mol. The Morgan fingerprint density at radius 1 is 1.20 bits per heavy atom. The van der Waals surface area contributed by atoms with Gasteiger partial charge in [-0.3, -0.25) is 4.79 Å². The Hall–Kier alpha value is -3.00. The minimum Gasteiger partial charge on any atom is -0.486 e. The minimum atomic E-state index is -0.0576. The molecule has 0 aromatic heterocycles. The fourth-order valence-electron chi connectivity index (χ4n) is 3.52. The van der Waals surface area contributed by atoms with Crippen LogP contribution in [0.4, 0.5) is 0 Å². The molecule has 5 nitrogen and oxygen atoms in total. The summed E-state index contributed by atoms with van der Waals surface area (Å²) < 4.78 is 11.3. The first-order valence-corrected chi connectivity index (χ1v) is 8.41. The van der Waals surface area contributed by atoms with Crippen molar-refractivity contribution in [2.45, 2.75) is 19.4 Å². The van der Waals surface area contributed by atoms with Gasteiger partial charge in [0.25, 0.3) is 5.91 Å². The van der Waals surface area contributed by atoms with Crippen molar-refractivity contribution >= 4 is 5.91 Å². The second kappa shape index (κ2) is 6.14. The number of benzene rings is 2. The number of carbonyl (C=O) groups excluding carboxylic acids is 1. The molecular formula is C20H18N2O3. The molecule has 2 aliphatic heterocycles. The van der Waals surface area contributed by atoms with E-state index in [9.17, 15) is 4.79 Å². The van der Waals surface area contributed by atoms with Crippen molar-refractivity contribution in [2.24, 2.45) is 0 Å². The van der Waals surface area contributed by atoms with E-state index in [4.69, 9.17) is 14.7 Å². The number of hydrogen-bond donors (Lipinski definition) is 0. The normalized spacial score (nSPS) is 18.2. The molecule has 1 unspecified atom stereocenters. The topological polar surface area (TPSA) is 62.6 Å². The van der Waals surface area contributed by atoms with Gasteiger partial charge in [-0.1, -0.05) is 6.07 Å². The second-order valence-corrected chi connectivity index (χ2v) is 6.31. The summed E-state index contributed by atoms with van der Waals surface area (Å²) in [4.78, 5) is 14.8. The number of nitrogens with zero attached hydrogens (tertiary/aromatic N) is 2. The van der Waals surface area contributed by atoms with E-state index in [1.165, 1.54) is 5.56 Å². The molecule has 0 aliphatic carbocycles. The average molecular weight is 334 g/mol. The molecule has 0 N–H and O–H groups in total. The fraction of sp³-hybridized carbons (Fsp3) is 0.300. The molecule has 0 radical (unpaired) electrons. The van der Waals surface area contributed by atoms with Crippen LogP contribution in [0.2, 0.25) is 0 Å². The summed E-state index contributed by atoms with van der Waals surface area (Å²) in [6.07, 6.45) is 0.778. The maximum atomic E-state index is 12.9. The van der Waals surface area contributed by atoms with Crippen LogP contribution < -0.4 is 9.47 Å². The number of amides is 1. The van der Waals surface area contributed by atoms with Gasteiger partial charge in [0.15, 0.2) is 11.5 Å². The maximum Gasteiger partial charge on any atom is 0.254 e. The van der Waals surface area contributed by atoms with Crippen LogP contribution in [0.5, 0.6) is 11.5 Å². The zero-order valence-corrected chi connectivity index (χ0v) is 14.0. The summed E-state index contributed by atoms with van der Waals surface area (Å²) in [5.74, 6) is 1.49. The smallest absolute Gasteiger partial charge is 0.254 e. The lowest BCUT2D eigenvalue weighted by atomic mass is 9.92. The zero-order chi connectivity index (χ0) is 17.4. The predicted octanol–water partition coefficient (Wildman–Crippen LogP) is 3.09. The van der Waals surface area contributed by atoms with E-state index < -0.39 is 0 Å². The van der Waals surface area contributed by atoms with Crippen LogP contribution in [-0.2, 0) is 6.42 Å². The Morgan fingerprint density at radius 3 is 2.72 bits per heavy atom. The van der Waals surface area contributed by atoms with Crippen LogP contribution in [0, 0.1) is 11.3 Å². The average Bonchev–Trinajstić information content (AvgIpc) is 2.66. The van der Waals surface area contributed by atoms with Crippen molar-refractivity contribution in [3.63, 3.8) is 0 Å². The first-order chi connectivity index (χ1) is 12.2. The lowest BCUT2D eigenvalue weighted by Crippen LogP contribution is -2.39. The summed E-state index contributed by atoms with van der Waals surface area (Å²) in [6, 6.07) is 12.9. The van der Waals surface area contributed by atoms with Crippen LogP contribution >= 0.6 is 0 Å². The molecule has 0 spiro atoms. The molecule has 0 saturated carbocycles. The molecule has 2 heterocycles. The van der Waals surface area contributed by atoms with Gasteiger partial charge in [0.05, 0.1) is 17.7 Å². The van der Waals surface area contributed by atoms with Crippen molar-refractivity contribution in [3.8, 4) is 17.6 Å². The SMILES string of the molecule is CC1c2cc3c(cc2CCN1C(=O)c1cccc(C#N)c1)OCCO3. The highest BCUT2D eigenvalue weighted by atomic mass is 16.6. The molecule has 2 aromatic rings. The highest BCUT2D eigenvalue weighted by Crippen LogP contribution is 2.39. The van der Waals surface area contributed by atoms with E-state index in [1.807, 2.05) is 24.0 Å². The van der Waals surface area contributed by atoms with E-state index >= 15 is 0 Å². The molecule has 4 rings (SSSR count). The number of rotatable bonds is 1. The van der Waals surface area contributed by atoms with Crippen LogP contribution in [-0.4, -0.2) is 30.6 Å². The van der Waals surface area contributed by atoms with Gasteiger partial charge in [-0.2, -0.15) is 5.26 Å². The Morgan fingerprint density at radius 2 is 1.96 bits per heavy atom. The van der Waals surface area contributed by atoms with E-state index in [2.05, 4.69) is 6.07 Å². The van der Waals surface area contributed by atoms with Crippen LogP contribution in [0.1, 0.15) is 40.0 Å². The Bertz CT molecular complexity index is 885. The van der Waals surface area contributed by atoms with Crippen LogP contribution in [0.25, 0.3) is 0 Å². The number of fused-ring (bicyclic) bond motifs is 2. The second-order valence-electron chi connectivity index (χ2n) is 6.31.